The summed E-state index contributed by atoms with van der Waals surface area (Å²) < 4.78 is 25.3. The number of piperidine rings is 1. The second-order valence-electron chi connectivity index (χ2n) is 4.88. The summed E-state index contributed by atoms with van der Waals surface area (Å²) in [6.07, 6.45) is 3.87. The lowest BCUT2D eigenvalue weighted by Gasteiger charge is -2.38. The van der Waals surface area contributed by atoms with Gasteiger partial charge in [0.2, 0.25) is 10.0 Å². The van der Waals surface area contributed by atoms with Crippen molar-refractivity contribution in [1.29, 1.82) is 0 Å². The summed E-state index contributed by atoms with van der Waals surface area (Å²) >= 11 is 0. The summed E-state index contributed by atoms with van der Waals surface area (Å²) in [5, 5.41) is 0. The third-order valence-electron chi connectivity index (χ3n) is 3.64. The molecule has 0 unspecified atom stereocenters. The van der Waals surface area contributed by atoms with Crippen molar-refractivity contribution in [1.82, 2.24) is 4.31 Å². The van der Waals surface area contributed by atoms with E-state index in [0.29, 0.717) is 30.7 Å². The fourth-order valence-corrected chi connectivity index (χ4v) is 3.56. The second-order valence-corrected chi connectivity index (χ2v) is 6.97. The molecule has 1 fully saturated rings. The molecule has 0 amide bonds. The average molecular weight is 233 g/mol. The van der Waals surface area contributed by atoms with Crippen LogP contribution in [0.5, 0.6) is 0 Å². The normalized spacial score (nSPS) is 22.9. The second kappa shape index (κ2) is 4.83. The number of hydrogen-bond donors (Lipinski definition) is 0. The number of hydrogen-bond acceptors (Lipinski definition) is 2. The fourth-order valence-electron chi connectivity index (χ4n) is 2.04. The first-order valence-corrected chi connectivity index (χ1v) is 7.52. The molecule has 0 aromatic heterocycles. The van der Waals surface area contributed by atoms with Gasteiger partial charge in [0.05, 0.1) is 5.75 Å². The van der Waals surface area contributed by atoms with Crippen LogP contribution in [0, 0.1) is 5.41 Å². The largest absolute Gasteiger partial charge is 0.214 e. The Kier molecular flexibility index (Phi) is 4.18. The van der Waals surface area contributed by atoms with Crippen LogP contribution in [0.3, 0.4) is 0 Å². The topological polar surface area (TPSA) is 37.4 Å². The summed E-state index contributed by atoms with van der Waals surface area (Å²) in [6, 6.07) is 0. The van der Waals surface area contributed by atoms with Gasteiger partial charge in [-0.1, -0.05) is 27.2 Å². The maximum atomic E-state index is 11.8. The van der Waals surface area contributed by atoms with E-state index in [1.54, 1.807) is 4.31 Å². The molecule has 90 valence electrons. The Morgan fingerprint density at radius 1 is 1.20 bits per heavy atom. The highest BCUT2D eigenvalue weighted by atomic mass is 32.2. The van der Waals surface area contributed by atoms with E-state index in [2.05, 4.69) is 13.8 Å². The van der Waals surface area contributed by atoms with Crippen molar-refractivity contribution in [2.75, 3.05) is 18.8 Å². The van der Waals surface area contributed by atoms with E-state index < -0.39 is 10.0 Å². The van der Waals surface area contributed by atoms with E-state index in [1.807, 2.05) is 6.92 Å². The Morgan fingerprint density at radius 3 is 2.13 bits per heavy atom. The molecule has 15 heavy (non-hydrogen) atoms. The molecule has 1 rings (SSSR count). The lowest BCUT2D eigenvalue weighted by Crippen LogP contribution is -2.42. The predicted octanol–water partition coefficient (Wildman–Crippen LogP) is 2.24. The Balaban J connectivity index is 2.58. The highest BCUT2D eigenvalue weighted by molar-refractivity contribution is 7.89. The number of nitrogens with zero attached hydrogens (tertiary/aromatic N) is 1. The van der Waals surface area contributed by atoms with Gasteiger partial charge in [0.1, 0.15) is 0 Å². The van der Waals surface area contributed by atoms with Gasteiger partial charge in [0, 0.05) is 13.1 Å². The zero-order valence-corrected chi connectivity index (χ0v) is 10.9. The first-order valence-electron chi connectivity index (χ1n) is 5.91. The molecule has 0 saturated carbocycles. The molecule has 1 aliphatic heterocycles. The summed E-state index contributed by atoms with van der Waals surface area (Å²) in [7, 11) is -2.96. The van der Waals surface area contributed by atoms with Crippen molar-refractivity contribution >= 4 is 10.0 Å². The molecule has 0 aliphatic carbocycles. The quantitative estimate of drug-likeness (QED) is 0.747. The van der Waals surface area contributed by atoms with Crippen LogP contribution in [0.15, 0.2) is 0 Å². The number of sulfonamides is 1. The molecule has 1 aliphatic rings. The highest BCUT2D eigenvalue weighted by Gasteiger charge is 2.32. The number of rotatable bonds is 4. The van der Waals surface area contributed by atoms with Gasteiger partial charge in [0.15, 0.2) is 0 Å². The van der Waals surface area contributed by atoms with Crippen LogP contribution in [0.1, 0.15) is 46.5 Å². The smallest absolute Gasteiger partial charge is 0.212 e. The molecule has 0 radical (unpaired) electrons. The minimum Gasteiger partial charge on any atom is -0.212 e. The van der Waals surface area contributed by atoms with E-state index in [0.717, 1.165) is 19.3 Å². The van der Waals surface area contributed by atoms with E-state index >= 15 is 0 Å². The average Bonchev–Trinajstić information content (AvgIpc) is 2.18. The molecular weight excluding hydrogens is 210 g/mol. The molecule has 0 bridgehead atoms. The summed E-state index contributed by atoms with van der Waals surface area (Å²) in [5.41, 5.74) is 0.359. The molecule has 0 atom stereocenters. The zero-order chi connectivity index (χ0) is 11.5. The van der Waals surface area contributed by atoms with Crippen LogP contribution < -0.4 is 0 Å². The first-order chi connectivity index (χ1) is 6.93. The van der Waals surface area contributed by atoms with Gasteiger partial charge in [-0.2, -0.15) is 0 Å². The van der Waals surface area contributed by atoms with E-state index in [9.17, 15) is 8.42 Å². The van der Waals surface area contributed by atoms with E-state index in [1.165, 1.54) is 0 Å². The van der Waals surface area contributed by atoms with Crippen molar-refractivity contribution < 1.29 is 8.42 Å². The minimum absolute atomic E-state index is 0.301. The Hall–Kier alpha value is -0.0900. The van der Waals surface area contributed by atoms with E-state index in [-0.39, 0.29) is 0 Å². The molecule has 1 saturated heterocycles. The molecule has 0 aromatic rings. The summed E-state index contributed by atoms with van der Waals surface area (Å²) in [4.78, 5) is 0. The van der Waals surface area contributed by atoms with Crippen molar-refractivity contribution in [2.45, 2.75) is 46.5 Å². The van der Waals surface area contributed by atoms with E-state index in [4.69, 9.17) is 0 Å². The molecule has 0 aromatic carbocycles. The van der Waals surface area contributed by atoms with Gasteiger partial charge in [-0.3, -0.25) is 0 Å². The van der Waals surface area contributed by atoms with Gasteiger partial charge in [-0.15, -0.1) is 0 Å². The van der Waals surface area contributed by atoms with Gasteiger partial charge in [-0.25, -0.2) is 12.7 Å². The molecule has 1 heterocycles. The third-order valence-corrected chi connectivity index (χ3v) is 5.71. The Bertz CT molecular complexity index is 290. The van der Waals surface area contributed by atoms with Crippen molar-refractivity contribution in [2.24, 2.45) is 5.41 Å². The maximum absolute atomic E-state index is 11.8. The molecule has 3 nitrogen and oxygen atoms in total. The van der Waals surface area contributed by atoms with Gasteiger partial charge in [-0.05, 0) is 24.7 Å². The van der Waals surface area contributed by atoms with Crippen molar-refractivity contribution in [3.8, 4) is 0 Å². The molecular formula is C11H23NO2S. The van der Waals surface area contributed by atoms with Crippen LogP contribution in [-0.4, -0.2) is 31.6 Å². The minimum atomic E-state index is -2.96. The van der Waals surface area contributed by atoms with Crippen molar-refractivity contribution in [3.63, 3.8) is 0 Å². The lowest BCUT2D eigenvalue weighted by atomic mass is 9.79. The molecule has 0 N–H and O–H groups in total. The highest BCUT2D eigenvalue weighted by Crippen LogP contribution is 2.34. The summed E-state index contributed by atoms with van der Waals surface area (Å²) in [5.74, 6) is 0.301. The maximum Gasteiger partial charge on any atom is 0.214 e. The zero-order valence-electron chi connectivity index (χ0n) is 10.1. The van der Waals surface area contributed by atoms with Gasteiger partial charge < -0.3 is 0 Å². The van der Waals surface area contributed by atoms with Crippen LogP contribution in [0.2, 0.25) is 0 Å². The SMILES string of the molecule is CCCS(=O)(=O)N1CCC(C)(CC)CC1. The standard InChI is InChI=1S/C11H23NO2S/c1-4-10-15(13,14)12-8-6-11(3,5-2)7-9-12/h4-10H2,1-3H3. The van der Waals surface area contributed by atoms with Gasteiger partial charge >= 0.3 is 0 Å². The third kappa shape index (κ3) is 3.18. The monoisotopic (exact) mass is 233 g/mol. The summed E-state index contributed by atoms with van der Waals surface area (Å²) in [6.45, 7) is 7.80. The Morgan fingerprint density at radius 2 is 1.73 bits per heavy atom. The predicted molar refractivity (Wildman–Crippen MR) is 63.3 cm³/mol. The fraction of sp³-hybridized carbons (Fsp3) is 1.00. The molecule has 4 heteroatoms. The van der Waals surface area contributed by atoms with Gasteiger partial charge in [0.25, 0.3) is 0 Å². The van der Waals surface area contributed by atoms with Crippen molar-refractivity contribution in [3.05, 3.63) is 0 Å². The van der Waals surface area contributed by atoms with Crippen LogP contribution in [0.4, 0.5) is 0 Å². The first kappa shape index (κ1) is 13.0. The van der Waals surface area contributed by atoms with Crippen LogP contribution in [-0.2, 0) is 10.0 Å². The van der Waals surface area contributed by atoms with Crippen LogP contribution >= 0.6 is 0 Å². The van der Waals surface area contributed by atoms with Crippen LogP contribution in [0.25, 0.3) is 0 Å². The molecule has 0 spiro atoms. The lowest BCUT2D eigenvalue weighted by molar-refractivity contribution is 0.169. The Labute approximate surface area is 93.9 Å².